The minimum absolute atomic E-state index is 0.229. The van der Waals surface area contributed by atoms with Gasteiger partial charge in [0.05, 0.1) is 24.2 Å². The normalized spacial score (nSPS) is 16.4. The molecule has 1 unspecified atom stereocenters. The smallest absolute Gasteiger partial charge is 0.328 e. The highest BCUT2D eigenvalue weighted by atomic mass is 19.1. The van der Waals surface area contributed by atoms with Gasteiger partial charge in [0.25, 0.3) is 0 Å². The van der Waals surface area contributed by atoms with Gasteiger partial charge in [0, 0.05) is 12.5 Å². The van der Waals surface area contributed by atoms with E-state index in [1.807, 2.05) is 24.3 Å². The number of ether oxygens (including phenoxy) is 1. The predicted molar refractivity (Wildman–Crippen MR) is 83.1 cm³/mol. The van der Waals surface area contributed by atoms with Gasteiger partial charge in [0.2, 0.25) is 0 Å². The van der Waals surface area contributed by atoms with Gasteiger partial charge in [-0.1, -0.05) is 18.2 Å². The Labute approximate surface area is 131 Å². The number of nitrogens with one attached hydrogen (secondary N) is 1. The van der Waals surface area contributed by atoms with Crippen LogP contribution in [0.25, 0.3) is 11.0 Å². The molecule has 0 aliphatic carbocycles. The monoisotopic (exact) mass is 311 g/mol. The Morgan fingerprint density at radius 2 is 2.13 bits per heavy atom. The predicted octanol–water partition coefficient (Wildman–Crippen LogP) is 3.04. The molecule has 1 aliphatic heterocycles. The molecule has 0 bridgehead atoms. The van der Waals surface area contributed by atoms with Crippen molar-refractivity contribution in [1.82, 2.24) is 14.9 Å². The molecule has 0 fully saturated rings. The van der Waals surface area contributed by atoms with Crippen molar-refractivity contribution in [2.24, 2.45) is 0 Å². The number of hydrogen-bond acceptors (Lipinski definition) is 3. The number of carbonyl (C=O) groups is 1. The second-order valence-electron chi connectivity index (χ2n) is 5.46. The standard InChI is InChI=1S/C17H14FN3O2/c1-23-11-7-6-10(12(18)9-11)8-14-16-19-13-4-2-3-5-15(13)21(16)17(22)20-14/h2-7,9,14H,8H2,1H3,(H,20,22). The minimum Gasteiger partial charge on any atom is -0.497 e. The molecule has 2 aromatic carbocycles. The number of rotatable bonds is 3. The SMILES string of the molecule is COc1ccc(CC2NC(=O)n3c2nc2ccccc23)c(F)c1. The summed E-state index contributed by atoms with van der Waals surface area (Å²) < 4.78 is 20.7. The second-order valence-corrected chi connectivity index (χ2v) is 5.46. The van der Waals surface area contributed by atoms with Gasteiger partial charge in [-0.15, -0.1) is 0 Å². The van der Waals surface area contributed by atoms with Crippen LogP contribution in [0.1, 0.15) is 17.4 Å². The molecule has 0 spiro atoms. The number of fused-ring (bicyclic) bond motifs is 3. The van der Waals surface area contributed by atoms with Crippen LogP contribution in [0.5, 0.6) is 5.75 Å². The largest absolute Gasteiger partial charge is 0.497 e. The van der Waals surface area contributed by atoms with E-state index in [-0.39, 0.29) is 17.9 Å². The van der Waals surface area contributed by atoms with Crippen molar-refractivity contribution in [3.05, 3.63) is 59.7 Å². The molecule has 1 aromatic heterocycles. The van der Waals surface area contributed by atoms with Crippen molar-refractivity contribution in [2.45, 2.75) is 12.5 Å². The summed E-state index contributed by atoms with van der Waals surface area (Å²) in [5.74, 6) is 0.730. The Kier molecular flexibility index (Phi) is 3.04. The van der Waals surface area contributed by atoms with Crippen LogP contribution in [0.15, 0.2) is 42.5 Å². The van der Waals surface area contributed by atoms with Gasteiger partial charge in [0.1, 0.15) is 17.4 Å². The van der Waals surface area contributed by atoms with Gasteiger partial charge < -0.3 is 10.1 Å². The first-order valence-corrected chi connectivity index (χ1v) is 7.28. The molecule has 116 valence electrons. The average molecular weight is 311 g/mol. The van der Waals surface area contributed by atoms with Crippen LogP contribution in [-0.2, 0) is 6.42 Å². The first-order valence-electron chi connectivity index (χ1n) is 7.28. The Balaban J connectivity index is 1.72. The number of methoxy groups -OCH3 is 1. The topological polar surface area (TPSA) is 56.1 Å². The van der Waals surface area contributed by atoms with Gasteiger partial charge in [-0.05, 0) is 23.8 Å². The van der Waals surface area contributed by atoms with Crippen molar-refractivity contribution in [2.75, 3.05) is 7.11 Å². The molecule has 1 aliphatic rings. The molecular formula is C17H14FN3O2. The zero-order chi connectivity index (χ0) is 16.0. The molecule has 4 rings (SSSR count). The molecule has 1 N–H and O–H groups in total. The van der Waals surface area contributed by atoms with Gasteiger partial charge >= 0.3 is 6.03 Å². The highest BCUT2D eigenvalue weighted by Crippen LogP contribution is 2.29. The van der Waals surface area contributed by atoms with Gasteiger partial charge in [-0.2, -0.15) is 0 Å². The number of para-hydroxylation sites is 2. The van der Waals surface area contributed by atoms with E-state index in [4.69, 9.17) is 4.74 Å². The quantitative estimate of drug-likeness (QED) is 0.809. The highest BCUT2D eigenvalue weighted by molar-refractivity contribution is 5.92. The maximum atomic E-state index is 14.1. The van der Waals surface area contributed by atoms with E-state index in [0.29, 0.717) is 23.6 Å². The lowest BCUT2D eigenvalue weighted by Gasteiger charge is -2.10. The van der Waals surface area contributed by atoms with Crippen LogP contribution in [0.2, 0.25) is 0 Å². The first kappa shape index (κ1) is 13.8. The van der Waals surface area contributed by atoms with Crippen LogP contribution in [-0.4, -0.2) is 22.7 Å². The number of halogens is 1. The van der Waals surface area contributed by atoms with Gasteiger partial charge in [-0.25, -0.2) is 18.7 Å². The van der Waals surface area contributed by atoms with Crippen LogP contribution in [0, 0.1) is 5.82 Å². The Morgan fingerprint density at radius 1 is 1.30 bits per heavy atom. The molecule has 23 heavy (non-hydrogen) atoms. The molecule has 6 heteroatoms. The van der Waals surface area contributed by atoms with Crippen molar-refractivity contribution < 1.29 is 13.9 Å². The fourth-order valence-electron chi connectivity index (χ4n) is 2.95. The number of nitrogens with zero attached hydrogens (tertiary/aromatic N) is 2. The summed E-state index contributed by atoms with van der Waals surface area (Å²) in [5.41, 5.74) is 2.03. The first-order chi connectivity index (χ1) is 11.2. The second kappa shape index (κ2) is 5.08. The van der Waals surface area contributed by atoms with E-state index < -0.39 is 0 Å². The number of hydrogen-bond donors (Lipinski definition) is 1. The number of carbonyl (C=O) groups excluding carboxylic acids is 1. The minimum atomic E-state index is -0.354. The van der Waals surface area contributed by atoms with E-state index in [0.717, 1.165) is 11.0 Å². The summed E-state index contributed by atoms with van der Waals surface area (Å²) in [6.07, 6.45) is 0.338. The molecule has 2 heterocycles. The maximum absolute atomic E-state index is 14.1. The fourth-order valence-corrected chi connectivity index (χ4v) is 2.95. The summed E-state index contributed by atoms with van der Waals surface area (Å²) in [5, 5.41) is 2.86. The van der Waals surface area contributed by atoms with Crippen LogP contribution in [0.4, 0.5) is 9.18 Å². The van der Waals surface area contributed by atoms with Crippen molar-refractivity contribution in [1.29, 1.82) is 0 Å². The fraction of sp³-hybridized carbons (Fsp3) is 0.176. The Morgan fingerprint density at radius 3 is 2.91 bits per heavy atom. The molecule has 3 aromatic rings. The molecule has 5 nitrogen and oxygen atoms in total. The Hall–Kier alpha value is -2.89. The summed E-state index contributed by atoms with van der Waals surface area (Å²) in [6.45, 7) is 0. The summed E-state index contributed by atoms with van der Waals surface area (Å²) in [4.78, 5) is 16.7. The molecule has 1 atom stereocenters. The lowest BCUT2D eigenvalue weighted by molar-refractivity contribution is 0.245. The summed E-state index contributed by atoms with van der Waals surface area (Å²) in [7, 11) is 1.49. The lowest BCUT2D eigenvalue weighted by atomic mass is 10.1. The highest BCUT2D eigenvalue weighted by Gasteiger charge is 2.32. The molecular weight excluding hydrogens is 297 g/mol. The van der Waals surface area contributed by atoms with E-state index in [1.165, 1.54) is 13.2 Å². The van der Waals surface area contributed by atoms with Gasteiger partial charge in [0.15, 0.2) is 0 Å². The average Bonchev–Trinajstić information content (AvgIpc) is 3.08. The Bertz CT molecular complexity index is 919. The number of benzene rings is 2. The van der Waals surface area contributed by atoms with Crippen LogP contribution in [0.3, 0.4) is 0 Å². The third-order valence-corrected chi connectivity index (χ3v) is 4.08. The maximum Gasteiger partial charge on any atom is 0.328 e. The van der Waals surface area contributed by atoms with Crippen molar-refractivity contribution in [3.8, 4) is 5.75 Å². The van der Waals surface area contributed by atoms with Gasteiger partial charge in [-0.3, -0.25) is 0 Å². The van der Waals surface area contributed by atoms with Crippen LogP contribution < -0.4 is 10.1 Å². The third-order valence-electron chi connectivity index (χ3n) is 4.08. The van der Waals surface area contributed by atoms with Crippen molar-refractivity contribution >= 4 is 17.1 Å². The van der Waals surface area contributed by atoms with E-state index in [2.05, 4.69) is 10.3 Å². The van der Waals surface area contributed by atoms with Crippen molar-refractivity contribution in [3.63, 3.8) is 0 Å². The number of aromatic nitrogens is 2. The molecule has 1 amide bonds. The molecule has 0 saturated heterocycles. The zero-order valence-corrected chi connectivity index (χ0v) is 12.4. The summed E-state index contributed by atoms with van der Waals surface area (Å²) in [6, 6.07) is 11.6. The lowest BCUT2D eigenvalue weighted by Crippen LogP contribution is -2.23. The van der Waals surface area contributed by atoms with E-state index in [1.54, 1.807) is 16.7 Å². The number of imidazole rings is 1. The molecule has 0 radical (unpaired) electrons. The third kappa shape index (κ3) is 2.14. The number of amides is 1. The van der Waals surface area contributed by atoms with E-state index in [9.17, 15) is 9.18 Å². The van der Waals surface area contributed by atoms with E-state index >= 15 is 0 Å². The zero-order valence-electron chi connectivity index (χ0n) is 12.4. The summed E-state index contributed by atoms with van der Waals surface area (Å²) >= 11 is 0. The molecule has 0 saturated carbocycles. The van der Waals surface area contributed by atoms with Crippen LogP contribution >= 0.6 is 0 Å².